The molecule has 5 nitrogen and oxygen atoms in total. The van der Waals surface area contributed by atoms with Gasteiger partial charge in [0.2, 0.25) is 0 Å². The molecule has 2 heterocycles. The first-order valence-electron chi connectivity index (χ1n) is 8.79. The number of aliphatic hydroxyl groups is 1. The lowest BCUT2D eigenvalue weighted by Gasteiger charge is -2.45. The quantitative estimate of drug-likeness (QED) is 0.848. The molecule has 3 unspecified atom stereocenters. The van der Waals surface area contributed by atoms with Crippen molar-refractivity contribution < 1.29 is 27.6 Å². The summed E-state index contributed by atoms with van der Waals surface area (Å²) in [4.78, 5) is 14.4. The minimum atomic E-state index is -3.03. The van der Waals surface area contributed by atoms with Gasteiger partial charge in [-0.1, -0.05) is 18.2 Å². The highest BCUT2D eigenvalue weighted by molar-refractivity contribution is 7.85. The number of alkyl halides is 2. The molecule has 2 aliphatic heterocycles. The monoisotopic (exact) mass is 407 g/mol. The summed E-state index contributed by atoms with van der Waals surface area (Å²) in [5.41, 5.74) is 0.751. The second-order valence-electron chi connectivity index (χ2n) is 7.44. The van der Waals surface area contributed by atoms with Crippen LogP contribution in [0.5, 0.6) is 5.75 Å². The Kier molecular flexibility index (Phi) is 4.50. The third kappa shape index (κ3) is 2.91. The summed E-state index contributed by atoms with van der Waals surface area (Å²) in [6, 6.07) is 10.5. The third-order valence-corrected chi connectivity index (χ3v) is 6.31. The number of nitrogens with zero attached hydrogens (tertiary/aromatic N) is 1. The van der Waals surface area contributed by atoms with Crippen molar-refractivity contribution in [1.82, 2.24) is 4.90 Å². The molecule has 0 saturated carbocycles. The smallest absolute Gasteiger partial charge is 0.316 e. The van der Waals surface area contributed by atoms with Crippen molar-refractivity contribution in [3.05, 3.63) is 59.2 Å². The van der Waals surface area contributed by atoms with Crippen LogP contribution in [0.15, 0.2) is 47.4 Å². The fourth-order valence-electron chi connectivity index (χ4n) is 3.81. The second kappa shape index (κ2) is 6.63. The first kappa shape index (κ1) is 19.0. The number of hydrogen-bond donors (Lipinski definition) is 1. The molecule has 0 spiro atoms. The summed E-state index contributed by atoms with van der Waals surface area (Å²) in [5, 5.41) is 11.0. The molecule has 1 N–H and O–H groups in total. The van der Waals surface area contributed by atoms with Gasteiger partial charge >= 0.3 is 5.76 Å². The second-order valence-corrected chi connectivity index (χ2v) is 8.87. The average Bonchev–Trinajstić information content (AvgIpc) is 2.98. The summed E-state index contributed by atoms with van der Waals surface area (Å²) in [6.07, 6.45) is -1.10. The Morgan fingerprint density at radius 3 is 2.64 bits per heavy atom. The maximum Gasteiger partial charge on any atom is 0.316 e. The van der Waals surface area contributed by atoms with Crippen molar-refractivity contribution in [3.8, 4) is 5.75 Å². The molecule has 4 rings (SSSR count). The van der Waals surface area contributed by atoms with Crippen molar-refractivity contribution in [3.63, 3.8) is 0 Å². The SMILES string of the molecule is CC1(C)Oc2ccc(S(=O)C(F)F)cc2C(N2Cc3ccccc3C2=O)C1O. The van der Waals surface area contributed by atoms with E-state index in [1.165, 1.54) is 23.1 Å². The number of halogens is 2. The van der Waals surface area contributed by atoms with Crippen LogP contribution in [0.3, 0.4) is 0 Å². The number of rotatable bonds is 3. The normalized spacial score (nSPS) is 23.9. The van der Waals surface area contributed by atoms with Gasteiger partial charge < -0.3 is 14.7 Å². The number of amides is 1. The number of fused-ring (bicyclic) bond motifs is 2. The van der Waals surface area contributed by atoms with Gasteiger partial charge in [-0.3, -0.25) is 4.79 Å². The molecule has 0 radical (unpaired) electrons. The molecular formula is C20H19F2NO4S. The van der Waals surface area contributed by atoms with Gasteiger partial charge in [0.25, 0.3) is 5.91 Å². The van der Waals surface area contributed by atoms with Gasteiger partial charge in [0.15, 0.2) is 0 Å². The van der Waals surface area contributed by atoms with Crippen LogP contribution in [0.1, 0.15) is 41.4 Å². The van der Waals surface area contributed by atoms with Gasteiger partial charge in [0.1, 0.15) is 28.3 Å². The molecule has 0 bridgehead atoms. The Hall–Kier alpha value is -2.32. The van der Waals surface area contributed by atoms with E-state index in [1.807, 2.05) is 12.1 Å². The van der Waals surface area contributed by atoms with Crippen molar-refractivity contribution in [2.45, 2.75) is 48.8 Å². The lowest BCUT2D eigenvalue weighted by molar-refractivity contribution is -0.0869. The Morgan fingerprint density at radius 2 is 1.96 bits per heavy atom. The van der Waals surface area contributed by atoms with E-state index in [9.17, 15) is 22.9 Å². The molecule has 0 aromatic heterocycles. The summed E-state index contributed by atoms with van der Waals surface area (Å²) >= 11 is 0. The fourth-order valence-corrected chi connectivity index (χ4v) is 4.46. The molecule has 1 amide bonds. The Bertz CT molecular complexity index is 978. The van der Waals surface area contributed by atoms with Crippen LogP contribution in [-0.4, -0.2) is 37.6 Å². The number of carbonyl (C=O) groups is 1. The molecule has 0 saturated heterocycles. The van der Waals surface area contributed by atoms with Gasteiger partial charge in [-0.25, -0.2) is 4.21 Å². The average molecular weight is 407 g/mol. The largest absolute Gasteiger partial charge is 0.485 e. The molecule has 0 fully saturated rings. The van der Waals surface area contributed by atoms with E-state index in [-0.39, 0.29) is 17.3 Å². The zero-order chi connectivity index (χ0) is 20.2. The highest BCUT2D eigenvalue weighted by Gasteiger charge is 2.48. The predicted molar refractivity (Wildman–Crippen MR) is 98.6 cm³/mol. The number of aliphatic hydroxyl groups excluding tert-OH is 1. The topological polar surface area (TPSA) is 66.8 Å². The maximum atomic E-state index is 13.0. The van der Waals surface area contributed by atoms with E-state index in [0.29, 0.717) is 16.9 Å². The zero-order valence-corrected chi connectivity index (χ0v) is 16.1. The molecule has 28 heavy (non-hydrogen) atoms. The van der Waals surface area contributed by atoms with Crippen LogP contribution in [0.2, 0.25) is 0 Å². The van der Waals surface area contributed by atoms with E-state index in [1.54, 1.807) is 26.0 Å². The summed E-state index contributed by atoms with van der Waals surface area (Å²) in [5.74, 6) is -2.90. The number of ether oxygens (including phenoxy) is 1. The highest BCUT2D eigenvalue weighted by atomic mass is 32.2. The van der Waals surface area contributed by atoms with E-state index in [0.717, 1.165) is 5.56 Å². The third-order valence-electron chi connectivity index (χ3n) is 5.26. The minimum Gasteiger partial charge on any atom is -0.485 e. The summed E-state index contributed by atoms with van der Waals surface area (Å²) in [7, 11) is -2.50. The molecule has 8 heteroatoms. The molecule has 2 aromatic rings. The van der Waals surface area contributed by atoms with E-state index in [4.69, 9.17) is 4.74 Å². The highest BCUT2D eigenvalue weighted by Crippen LogP contribution is 2.46. The van der Waals surface area contributed by atoms with E-state index in [2.05, 4.69) is 0 Å². The molecule has 2 aromatic carbocycles. The van der Waals surface area contributed by atoms with Crippen molar-refractivity contribution in [1.29, 1.82) is 0 Å². The maximum absolute atomic E-state index is 13.0. The Morgan fingerprint density at radius 1 is 1.25 bits per heavy atom. The predicted octanol–water partition coefficient (Wildman–Crippen LogP) is 3.25. The Labute approximate surface area is 163 Å². The molecule has 148 valence electrons. The minimum absolute atomic E-state index is 0.0709. The van der Waals surface area contributed by atoms with Gasteiger partial charge in [0, 0.05) is 22.6 Å². The first-order valence-corrected chi connectivity index (χ1v) is 10.0. The molecular weight excluding hydrogens is 388 g/mol. The van der Waals surface area contributed by atoms with E-state index < -0.39 is 34.3 Å². The lowest BCUT2D eigenvalue weighted by Crippen LogP contribution is -2.53. The number of carbonyl (C=O) groups excluding carboxylic acids is 1. The first-order chi connectivity index (χ1) is 13.2. The van der Waals surface area contributed by atoms with Crippen LogP contribution in [0.4, 0.5) is 8.78 Å². The van der Waals surface area contributed by atoms with Gasteiger partial charge in [0.05, 0.1) is 6.04 Å². The fraction of sp³-hybridized carbons (Fsp3) is 0.350. The summed E-state index contributed by atoms with van der Waals surface area (Å²) < 4.78 is 43.6. The molecule has 3 atom stereocenters. The summed E-state index contributed by atoms with van der Waals surface area (Å²) in [6.45, 7) is 3.69. The Balaban J connectivity index is 1.82. The van der Waals surface area contributed by atoms with Crippen LogP contribution < -0.4 is 4.74 Å². The van der Waals surface area contributed by atoms with Crippen LogP contribution >= 0.6 is 0 Å². The zero-order valence-electron chi connectivity index (χ0n) is 15.3. The van der Waals surface area contributed by atoms with Crippen LogP contribution in [-0.2, 0) is 17.3 Å². The van der Waals surface area contributed by atoms with Crippen molar-refractivity contribution >= 4 is 16.7 Å². The standard InChI is InChI=1S/C20H19F2NO4S/c1-20(2)17(24)16(23-10-11-5-3-4-6-13(11)18(23)25)14-9-12(28(26)19(21)22)7-8-15(14)27-20/h3-9,16-17,19,24H,10H2,1-2H3. The van der Waals surface area contributed by atoms with Gasteiger partial charge in [-0.05, 0) is 43.7 Å². The molecule has 2 aliphatic rings. The van der Waals surface area contributed by atoms with Crippen molar-refractivity contribution in [2.24, 2.45) is 0 Å². The number of benzene rings is 2. The molecule has 0 aliphatic carbocycles. The van der Waals surface area contributed by atoms with Crippen LogP contribution in [0.25, 0.3) is 0 Å². The van der Waals surface area contributed by atoms with Crippen molar-refractivity contribution in [2.75, 3.05) is 0 Å². The van der Waals surface area contributed by atoms with E-state index >= 15 is 0 Å². The van der Waals surface area contributed by atoms with Crippen LogP contribution in [0, 0.1) is 0 Å². The lowest BCUT2D eigenvalue weighted by atomic mass is 9.85. The van der Waals surface area contributed by atoms with Gasteiger partial charge in [-0.2, -0.15) is 8.78 Å². The number of hydrogen-bond acceptors (Lipinski definition) is 4. The van der Waals surface area contributed by atoms with Gasteiger partial charge in [-0.15, -0.1) is 0 Å².